The third-order valence-electron chi connectivity index (χ3n) is 8.59. The van der Waals surface area contributed by atoms with E-state index in [1.165, 1.54) is 180 Å². The molecule has 0 aromatic carbocycles. The molecule has 0 saturated carbocycles. The Morgan fingerprint density at radius 1 is 0.357 bits per heavy atom. The lowest BCUT2D eigenvalue weighted by Crippen LogP contribution is -2.09. The molecule has 3 nitrogen and oxygen atoms in total. The normalized spacial score (nSPS) is 11.5. The summed E-state index contributed by atoms with van der Waals surface area (Å²) in [6, 6.07) is 0. The third-order valence-corrected chi connectivity index (χ3v) is 8.59. The minimum absolute atomic E-state index is 0.474. The van der Waals surface area contributed by atoms with Crippen LogP contribution in [0.3, 0.4) is 0 Å². The second-order valence-corrected chi connectivity index (χ2v) is 12.9. The molecule has 0 aliphatic carbocycles. The highest BCUT2D eigenvalue weighted by Gasteiger charge is 2.03. The fourth-order valence-corrected chi connectivity index (χ4v) is 5.71. The average Bonchev–Trinajstić information content (AvgIpc) is 3.00. The van der Waals surface area contributed by atoms with Gasteiger partial charge in [-0.05, 0) is 38.5 Å². The van der Waals surface area contributed by atoms with Gasteiger partial charge >= 0.3 is 6.16 Å². The molecule has 0 fully saturated rings. The Morgan fingerprint density at radius 3 is 0.881 bits per heavy atom. The van der Waals surface area contributed by atoms with E-state index in [9.17, 15) is 4.79 Å². The molecule has 0 spiro atoms. The van der Waals surface area contributed by atoms with Crippen molar-refractivity contribution in [3.8, 4) is 0 Å². The molecule has 3 heteroatoms. The summed E-state index contributed by atoms with van der Waals surface area (Å²) in [6.07, 6.45) is 46.9. The van der Waals surface area contributed by atoms with Gasteiger partial charge in [0, 0.05) is 0 Å². The Bertz CT molecular complexity index is 530. The number of hydrogen-bond donors (Lipinski definition) is 0. The number of carbonyl (C=O) groups excluding carboxylic acids is 1. The van der Waals surface area contributed by atoms with Crippen molar-refractivity contribution in [1.82, 2.24) is 0 Å². The highest BCUT2D eigenvalue weighted by atomic mass is 16.7. The van der Waals surface area contributed by atoms with Gasteiger partial charge in [-0.2, -0.15) is 0 Å². The van der Waals surface area contributed by atoms with Crippen LogP contribution >= 0.6 is 0 Å². The summed E-state index contributed by atoms with van der Waals surface area (Å²) in [5, 5.41) is 0. The second-order valence-electron chi connectivity index (χ2n) is 12.9. The molecule has 0 bridgehead atoms. The van der Waals surface area contributed by atoms with Crippen LogP contribution in [0.2, 0.25) is 0 Å². The minimum Gasteiger partial charge on any atom is -0.434 e. The molecule has 0 amide bonds. The molecular formula is C39H76O3. The molecule has 0 aromatic heterocycles. The Balaban J connectivity index is 3.17. The Kier molecular flexibility index (Phi) is 37.1. The van der Waals surface area contributed by atoms with Gasteiger partial charge in [0.25, 0.3) is 0 Å². The summed E-state index contributed by atoms with van der Waals surface area (Å²) in [5.41, 5.74) is 0. The molecule has 0 radical (unpaired) electrons. The number of carbonyl (C=O) groups is 1. The molecule has 0 unspecified atom stereocenters. The molecule has 0 heterocycles. The SMILES string of the molecule is CCCCCCCC/C=C\CCCCCCCCCCCCOC(=O)OCCCCCCCCCCCCCCCC. The third kappa shape index (κ3) is 37.0. The fraction of sp³-hybridized carbons (Fsp3) is 0.923. The van der Waals surface area contributed by atoms with Gasteiger partial charge in [-0.15, -0.1) is 0 Å². The number of rotatable bonds is 35. The average molecular weight is 593 g/mol. The highest BCUT2D eigenvalue weighted by molar-refractivity contribution is 5.59. The smallest absolute Gasteiger partial charge is 0.434 e. The predicted molar refractivity (Wildman–Crippen MR) is 186 cm³/mol. The molecule has 250 valence electrons. The maximum absolute atomic E-state index is 11.7. The van der Waals surface area contributed by atoms with Crippen LogP contribution in [-0.2, 0) is 9.47 Å². The quantitative estimate of drug-likeness (QED) is 0.0417. The van der Waals surface area contributed by atoms with E-state index < -0.39 is 6.16 Å². The van der Waals surface area contributed by atoms with Crippen molar-refractivity contribution in [1.29, 1.82) is 0 Å². The zero-order valence-electron chi connectivity index (χ0n) is 28.9. The molecule has 0 aliphatic rings. The van der Waals surface area contributed by atoms with Crippen LogP contribution in [0, 0.1) is 0 Å². The van der Waals surface area contributed by atoms with Crippen molar-refractivity contribution in [2.45, 2.75) is 219 Å². The first-order chi connectivity index (χ1) is 20.8. The van der Waals surface area contributed by atoms with Crippen molar-refractivity contribution in [2.75, 3.05) is 13.2 Å². The molecule has 0 aliphatic heterocycles. The topological polar surface area (TPSA) is 35.5 Å². The standard InChI is InChI=1S/C39H76O3/c1-3-5-7-9-11-13-15-17-19-20-21-22-23-24-26-28-30-32-34-36-38-42-39(40)41-37-35-33-31-29-27-25-18-16-14-12-10-8-6-4-2/h17,19H,3-16,18,20-38H2,1-2H3/b19-17-. The zero-order valence-corrected chi connectivity index (χ0v) is 28.9. The van der Waals surface area contributed by atoms with Crippen molar-refractivity contribution in [3.63, 3.8) is 0 Å². The summed E-state index contributed by atoms with van der Waals surface area (Å²) in [5.74, 6) is 0. The zero-order chi connectivity index (χ0) is 30.4. The lowest BCUT2D eigenvalue weighted by molar-refractivity contribution is 0.0529. The number of ether oxygens (including phenoxy) is 2. The largest absolute Gasteiger partial charge is 0.508 e. The van der Waals surface area contributed by atoms with E-state index in [4.69, 9.17) is 9.47 Å². The van der Waals surface area contributed by atoms with Crippen LogP contribution in [0.4, 0.5) is 4.79 Å². The van der Waals surface area contributed by atoms with Crippen molar-refractivity contribution >= 4 is 6.16 Å². The predicted octanol–water partition coefficient (Wildman–Crippen LogP) is 14.2. The number of hydrogen-bond acceptors (Lipinski definition) is 3. The van der Waals surface area contributed by atoms with Crippen molar-refractivity contribution in [2.24, 2.45) is 0 Å². The Labute approximate surface area is 264 Å². The van der Waals surface area contributed by atoms with Gasteiger partial charge in [0.05, 0.1) is 13.2 Å². The first kappa shape index (κ1) is 41.0. The highest BCUT2D eigenvalue weighted by Crippen LogP contribution is 2.14. The van der Waals surface area contributed by atoms with Gasteiger partial charge < -0.3 is 9.47 Å². The summed E-state index contributed by atoms with van der Waals surface area (Å²) in [7, 11) is 0. The van der Waals surface area contributed by atoms with Crippen LogP contribution in [-0.4, -0.2) is 19.4 Å². The van der Waals surface area contributed by atoms with E-state index in [0.717, 1.165) is 25.7 Å². The molecule has 0 N–H and O–H groups in total. The summed E-state index contributed by atoms with van der Waals surface area (Å²) < 4.78 is 10.5. The van der Waals surface area contributed by atoms with Gasteiger partial charge in [0.15, 0.2) is 0 Å². The first-order valence-electron chi connectivity index (χ1n) is 19.3. The van der Waals surface area contributed by atoms with E-state index in [1.54, 1.807) is 0 Å². The Hall–Kier alpha value is -0.990. The monoisotopic (exact) mass is 593 g/mol. The molecule has 0 saturated heterocycles. The van der Waals surface area contributed by atoms with Crippen molar-refractivity contribution < 1.29 is 14.3 Å². The molecule has 0 atom stereocenters. The fourth-order valence-electron chi connectivity index (χ4n) is 5.71. The molecule has 0 aromatic rings. The maximum atomic E-state index is 11.7. The van der Waals surface area contributed by atoms with Gasteiger partial charge in [-0.1, -0.05) is 193 Å². The Morgan fingerprint density at radius 2 is 0.595 bits per heavy atom. The second kappa shape index (κ2) is 38.0. The van der Waals surface area contributed by atoms with Crippen LogP contribution in [0.1, 0.15) is 219 Å². The van der Waals surface area contributed by atoms with Crippen LogP contribution < -0.4 is 0 Å². The first-order valence-corrected chi connectivity index (χ1v) is 19.3. The summed E-state index contributed by atoms with van der Waals surface area (Å²) >= 11 is 0. The van der Waals surface area contributed by atoms with Gasteiger partial charge in [0.1, 0.15) is 0 Å². The lowest BCUT2D eigenvalue weighted by Gasteiger charge is -2.07. The van der Waals surface area contributed by atoms with Crippen molar-refractivity contribution in [3.05, 3.63) is 12.2 Å². The van der Waals surface area contributed by atoms with Gasteiger partial charge in [-0.25, -0.2) is 4.79 Å². The summed E-state index contributed by atoms with van der Waals surface area (Å²) in [6.45, 7) is 5.58. The van der Waals surface area contributed by atoms with Crippen LogP contribution in [0.25, 0.3) is 0 Å². The number of unbranched alkanes of at least 4 members (excludes halogenated alkanes) is 29. The molecular weight excluding hydrogens is 516 g/mol. The van der Waals surface area contributed by atoms with E-state index in [0.29, 0.717) is 13.2 Å². The van der Waals surface area contributed by atoms with E-state index in [1.807, 2.05) is 0 Å². The van der Waals surface area contributed by atoms with Gasteiger partial charge in [0.2, 0.25) is 0 Å². The van der Waals surface area contributed by atoms with Gasteiger partial charge in [-0.3, -0.25) is 0 Å². The van der Waals surface area contributed by atoms with E-state index >= 15 is 0 Å². The molecule has 0 rings (SSSR count). The maximum Gasteiger partial charge on any atom is 0.508 e. The number of allylic oxidation sites excluding steroid dienone is 2. The summed E-state index contributed by atoms with van der Waals surface area (Å²) in [4.78, 5) is 11.7. The molecule has 42 heavy (non-hydrogen) atoms. The minimum atomic E-state index is -0.474. The van der Waals surface area contributed by atoms with Crippen LogP contribution in [0.5, 0.6) is 0 Å². The van der Waals surface area contributed by atoms with E-state index in [2.05, 4.69) is 26.0 Å². The van der Waals surface area contributed by atoms with Crippen LogP contribution in [0.15, 0.2) is 12.2 Å². The lowest BCUT2D eigenvalue weighted by atomic mass is 10.0. The van der Waals surface area contributed by atoms with E-state index in [-0.39, 0.29) is 0 Å².